The second-order valence-electron chi connectivity index (χ2n) is 3.14. The van der Waals surface area contributed by atoms with Crippen molar-refractivity contribution in [3.63, 3.8) is 0 Å². The number of likely N-dealkylation sites (N-methyl/N-ethyl adjacent to an activating group) is 1. The fourth-order valence-electron chi connectivity index (χ4n) is 0.954. The summed E-state index contributed by atoms with van der Waals surface area (Å²) in [6, 6.07) is 7.58. The largest absolute Gasteiger partial charge is 0.366 e. The van der Waals surface area contributed by atoms with Crippen molar-refractivity contribution < 1.29 is 0 Å². The molecule has 0 bridgehead atoms. The maximum atomic E-state index is 7.63. The summed E-state index contributed by atoms with van der Waals surface area (Å²) in [4.78, 5) is 1.80. The molecule has 0 aromatic heterocycles. The Hall–Kier alpha value is -0.730. The molecule has 0 aliphatic heterocycles. The molecular weight excluding hydrogens is 219 g/mol. The van der Waals surface area contributed by atoms with Crippen LogP contribution >= 0.6 is 24.0 Å². The van der Waals surface area contributed by atoms with Crippen molar-refractivity contribution in [2.45, 2.75) is 6.42 Å². The highest BCUT2D eigenvalue weighted by Gasteiger charge is 2.00. The predicted molar refractivity (Wildman–Crippen MR) is 63.8 cm³/mol. The van der Waals surface area contributed by atoms with E-state index in [1.54, 1.807) is 4.90 Å². The van der Waals surface area contributed by atoms with Gasteiger partial charge in [-0.05, 0) is 17.7 Å². The smallest absolute Gasteiger partial charge is 0.0997 e. The van der Waals surface area contributed by atoms with Crippen LogP contribution in [0.4, 0.5) is 0 Å². The van der Waals surface area contributed by atoms with Crippen LogP contribution < -0.4 is 0 Å². The summed E-state index contributed by atoms with van der Waals surface area (Å²) in [5.74, 6) is 0.599. The minimum Gasteiger partial charge on any atom is -0.366 e. The van der Waals surface area contributed by atoms with Crippen molar-refractivity contribution >= 4 is 29.8 Å². The van der Waals surface area contributed by atoms with E-state index in [1.807, 2.05) is 38.4 Å². The lowest BCUT2D eigenvalue weighted by Crippen LogP contribution is -2.22. The molecule has 0 unspecified atom stereocenters. The summed E-state index contributed by atoms with van der Waals surface area (Å²) in [5.41, 5.74) is 1.11. The molecule has 0 amide bonds. The molecule has 4 heteroatoms. The Kier molecular flexibility index (Phi) is 5.58. The maximum Gasteiger partial charge on any atom is 0.0997 e. The molecule has 1 aromatic carbocycles. The summed E-state index contributed by atoms with van der Waals surface area (Å²) in [5, 5.41) is 8.36. The molecule has 78 valence electrons. The average Bonchev–Trinajstić information content (AvgIpc) is 2.08. The highest BCUT2D eigenvalue weighted by Crippen LogP contribution is 2.10. The van der Waals surface area contributed by atoms with E-state index in [2.05, 4.69) is 0 Å². The number of hydrogen-bond donors (Lipinski definition) is 1. The van der Waals surface area contributed by atoms with Crippen molar-refractivity contribution in [3.8, 4) is 0 Å². The fraction of sp³-hybridized carbons (Fsp3) is 0.300. The molecule has 1 rings (SSSR count). The fourth-order valence-corrected chi connectivity index (χ4v) is 1.08. The van der Waals surface area contributed by atoms with Crippen molar-refractivity contribution in [2.24, 2.45) is 0 Å². The van der Waals surface area contributed by atoms with Gasteiger partial charge in [0.05, 0.1) is 5.84 Å². The van der Waals surface area contributed by atoms with Gasteiger partial charge in [-0.25, -0.2) is 0 Å². The zero-order valence-electron chi connectivity index (χ0n) is 8.25. The van der Waals surface area contributed by atoms with E-state index in [1.165, 1.54) is 0 Å². The molecule has 14 heavy (non-hydrogen) atoms. The van der Waals surface area contributed by atoms with E-state index in [4.69, 9.17) is 17.0 Å². The van der Waals surface area contributed by atoms with Crippen LogP contribution in [0.3, 0.4) is 0 Å². The lowest BCUT2D eigenvalue weighted by atomic mass is 10.1. The number of rotatable bonds is 2. The van der Waals surface area contributed by atoms with Crippen molar-refractivity contribution in [3.05, 3.63) is 34.9 Å². The van der Waals surface area contributed by atoms with Crippen molar-refractivity contribution in [2.75, 3.05) is 14.1 Å². The first-order valence-electron chi connectivity index (χ1n) is 4.09. The zero-order chi connectivity index (χ0) is 9.84. The van der Waals surface area contributed by atoms with Gasteiger partial charge in [0, 0.05) is 25.5 Å². The maximum absolute atomic E-state index is 7.63. The summed E-state index contributed by atoms with van der Waals surface area (Å²) in [7, 11) is 3.75. The van der Waals surface area contributed by atoms with E-state index in [-0.39, 0.29) is 12.4 Å². The normalized spacial score (nSPS) is 9.07. The predicted octanol–water partition coefficient (Wildman–Crippen LogP) is 2.84. The van der Waals surface area contributed by atoms with E-state index >= 15 is 0 Å². The van der Waals surface area contributed by atoms with Gasteiger partial charge in [0.25, 0.3) is 0 Å². The molecule has 0 aliphatic rings. The summed E-state index contributed by atoms with van der Waals surface area (Å²) in [6.45, 7) is 0. The quantitative estimate of drug-likeness (QED) is 0.617. The van der Waals surface area contributed by atoms with Gasteiger partial charge < -0.3 is 4.90 Å². The van der Waals surface area contributed by atoms with Crippen LogP contribution in [0, 0.1) is 5.41 Å². The molecule has 0 saturated carbocycles. The number of nitrogens with one attached hydrogen (secondary N) is 1. The standard InChI is InChI=1S/C10H13ClN2.ClH/c1-13(2)10(12)7-8-3-5-9(11)6-4-8;/h3-6,12H,7H2,1-2H3;1H. The first-order chi connectivity index (χ1) is 6.09. The molecule has 0 radical (unpaired) electrons. The second kappa shape index (κ2) is 5.89. The van der Waals surface area contributed by atoms with Crippen LogP contribution in [-0.2, 0) is 6.42 Å². The molecule has 2 nitrogen and oxygen atoms in total. The number of amidine groups is 1. The van der Waals surface area contributed by atoms with Gasteiger partial charge in [-0.2, -0.15) is 0 Å². The summed E-state index contributed by atoms with van der Waals surface area (Å²) < 4.78 is 0. The first kappa shape index (κ1) is 13.3. The van der Waals surface area contributed by atoms with Crippen molar-refractivity contribution in [1.82, 2.24) is 4.90 Å². The molecule has 0 saturated heterocycles. The molecule has 0 heterocycles. The Morgan fingerprint density at radius 2 is 1.79 bits per heavy atom. The minimum absolute atomic E-state index is 0. The molecule has 1 N–H and O–H groups in total. The zero-order valence-corrected chi connectivity index (χ0v) is 9.82. The van der Waals surface area contributed by atoms with Gasteiger partial charge in [0.1, 0.15) is 0 Å². The number of nitrogens with zero attached hydrogens (tertiary/aromatic N) is 1. The third kappa shape index (κ3) is 3.99. The van der Waals surface area contributed by atoms with Crippen LogP contribution in [0.5, 0.6) is 0 Å². The summed E-state index contributed by atoms with van der Waals surface area (Å²) >= 11 is 5.75. The monoisotopic (exact) mass is 232 g/mol. The Labute approximate surface area is 95.8 Å². The lowest BCUT2D eigenvalue weighted by Gasteiger charge is -2.13. The average molecular weight is 233 g/mol. The van der Waals surface area contributed by atoms with Gasteiger partial charge in [-0.1, -0.05) is 23.7 Å². The number of halogens is 2. The Bertz CT molecular complexity index is 293. The number of hydrogen-bond acceptors (Lipinski definition) is 1. The highest BCUT2D eigenvalue weighted by molar-refractivity contribution is 6.30. The van der Waals surface area contributed by atoms with Crippen LogP contribution in [0.25, 0.3) is 0 Å². The molecule has 0 fully saturated rings. The van der Waals surface area contributed by atoms with Crippen LogP contribution in [-0.4, -0.2) is 24.8 Å². The molecule has 0 spiro atoms. The van der Waals surface area contributed by atoms with Crippen LogP contribution in [0.15, 0.2) is 24.3 Å². The van der Waals surface area contributed by atoms with E-state index in [0.717, 1.165) is 10.6 Å². The van der Waals surface area contributed by atoms with E-state index < -0.39 is 0 Å². The Morgan fingerprint density at radius 1 is 1.29 bits per heavy atom. The highest BCUT2D eigenvalue weighted by atomic mass is 35.5. The first-order valence-corrected chi connectivity index (χ1v) is 4.46. The third-order valence-electron chi connectivity index (χ3n) is 1.82. The summed E-state index contributed by atoms with van der Waals surface area (Å²) in [6.07, 6.45) is 0.657. The molecule has 1 aromatic rings. The Morgan fingerprint density at radius 3 is 2.21 bits per heavy atom. The van der Waals surface area contributed by atoms with Crippen LogP contribution in [0.1, 0.15) is 5.56 Å². The van der Waals surface area contributed by atoms with E-state index in [9.17, 15) is 0 Å². The van der Waals surface area contributed by atoms with Gasteiger partial charge in [-0.15, -0.1) is 12.4 Å². The van der Waals surface area contributed by atoms with Gasteiger partial charge in [0.15, 0.2) is 0 Å². The van der Waals surface area contributed by atoms with Crippen LogP contribution in [0.2, 0.25) is 5.02 Å². The topological polar surface area (TPSA) is 27.1 Å². The third-order valence-corrected chi connectivity index (χ3v) is 2.08. The van der Waals surface area contributed by atoms with Gasteiger partial charge in [-0.3, -0.25) is 5.41 Å². The van der Waals surface area contributed by atoms with E-state index in [0.29, 0.717) is 12.3 Å². The van der Waals surface area contributed by atoms with Gasteiger partial charge in [0.2, 0.25) is 0 Å². The molecule has 0 aliphatic carbocycles. The number of benzene rings is 1. The lowest BCUT2D eigenvalue weighted by molar-refractivity contribution is 0.605. The molecular formula is C10H14Cl2N2. The molecule has 0 atom stereocenters. The van der Waals surface area contributed by atoms with Crippen molar-refractivity contribution in [1.29, 1.82) is 5.41 Å². The Balaban J connectivity index is 0.00000169. The van der Waals surface area contributed by atoms with Gasteiger partial charge >= 0.3 is 0 Å². The second-order valence-corrected chi connectivity index (χ2v) is 3.58. The minimum atomic E-state index is 0. The SMILES string of the molecule is CN(C)C(=N)Cc1ccc(Cl)cc1.Cl.